The van der Waals surface area contributed by atoms with Gasteiger partial charge in [0, 0.05) is 35.4 Å². The van der Waals surface area contributed by atoms with Crippen molar-refractivity contribution in [1.29, 1.82) is 0 Å². The van der Waals surface area contributed by atoms with Crippen molar-refractivity contribution in [2.24, 2.45) is 4.99 Å². The molecule has 0 aliphatic carbocycles. The lowest BCUT2D eigenvalue weighted by Gasteiger charge is -2.27. The highest BCUT2D eigenvalue weighted by Gasteiger charge is 2.20. The van der Waals surface area contributed by atoms with Crippen LogP contribution >= 0.6 is 11.6 Å². The molecule has 2 aromatic rings. The molecule has 0 amide bonds. The first-order valence-electron chi connectivity index (χ1n) is 6.95. The van der Waals surface area contributed by atoms with E-state index in [4.69, 9.17) is 11.6 Å². The van der Waals surface area contributed by atoms with Crippen LogP contribution in [0.5, 0.6) is 0 Å². The van der Waals surface area contributed by atoms with E-state index < -0.39 is 6.10 Å². The summed E-state index contributed by atoms with van der Waals surface area (Å²) in [6.07, 6.45) is -0.485. The van der Waals surface area contributed by atoms with Crippen LogP contribution in [0.1, 0.15) is 11.1 Å². The first kappa shape index (κ1) is 14.1. The SMILES string of the molecule is CN1CC(O)CN=C(c2ccccc2Cl)c2ccccc21. The zero-order chi connectivity index (χ0) is 14.8. The number of benzene rings is 2. The van der Waals surface area contributed by atoms with Crippen LogP contribution in [0.2, 0.25) is 5.02 Å². The number of halogens is 1. The van der Waals surface area contributed by atoms with Gasteiger partial charge in [0.2, 0.25) is 0 Å². The minimum Gasteiger partial charge on any atom is -0.389 e. The average Bonchev–Trinajstić information content (AvgIpc) is 2.48. The molecule has 21 heavy (non-hydrogen) atoms. The van der Waals surface area contributed by atoms with Gasteiger partial charge in [0.25, 0.3) is 0 Å². The highest BCUT2D eigenvalue weighted by molar-refractivity contribution is 6.35. The van der Waals surface area contributed by atoms with Crippen LogP contribution in [-0.4, -0.2) is 37.1 Å². The minimum atomic E-state index is -0.485. The second kappa shape index (κ2) is 5.88. The Morgan fingerprint density at radius 1 is 1.10 bits per heavy atom. The molecule has 0 fully saturated rings. The molecule has 1 N–H and O–H groups in total. The predicted molar refractivity (Wildman–Crippen MR) is 87.7 cm³/mol. The molecule has 0 radical (unpaired) electrons. The molecule has 1 unspecified atom stereocenters. The maximum atomic E-state index is 10.1. The van der Waals surface area contributed by atoms with Crippen LogP contribution in [-0.2, 0) is 0 Å². The van der Waals surface area contributed by atoms with Gasteiger partial charge in [0.1, 0.15) is 0 Å². The van der Waals surface area contributed by atoms with E-state index in [1.807, 2.05) is 55.6 Å². The second-order valence-corrected chi connectivity index (χ2v) is 5.63. The lowest BCUT2D eigenvalue weighted by molar-refractivity contribution is 0.190. The number of β-amino-alcohol motifs (C(OH)–C–C–N with tert-alkyl or cyclic N) is 1. The van der Waals surface area contributed by atoms with E-state index >= 15 is 0 Å². The number of aliphatic hydroxyl groups is 1. The van der Waals surface area contributed by atoms with Gasteiger partial charge in [-0.15, -0.1) is 0 Å². The van der Waals surface area contributed by atoms with E-state index in [9.17, 15) is 5.11 Å². The van der Waals surface area contributed by atoms with Crippen molar-refractivity contribution in [3.8, 4) is 0 Å². The number of aliphatic imine (C=N–C) groups is 1. The first-order valence-corrected chi connectivity index (χ1v) is 7.32. The maximum Gasteiger partial charge on any atom is 0.0909 e. The lowest BCUT2D eigenvalue weighted by Crippen LogP contribution is -2.34. The molecule has 1 heterocycles. The molecular weight excluding hydrogens is 284 g/mol. The number of rotatable bonds is 1. The summed E-state index contributed by atoms with van der Waals surface area (Å²) in [5.74, 6) is 0. The maximum absolute atomic E-state index is 10.1. The van der Waals surface area contributed by atoms with Crippen molar-refractivity contribution in [3.63, 3.8) is 0 Å². The minimum absolute atomic E-state index is 0.374. The summed E-state index contributed by atoms with van der Waals surface area (Å²) in [5.41, 5.74) is 3.82. The average molecular weight is 301 g/mol. The van der Waals surface area contributed by atoms with E-state index in [-0.39, 0.29) is 0 Å². The Labute approximate surface area is 129 Å². The highest BCUT2D eigenvalue weighted by atomic mass is 35.5. The van der Waals surface area contributed by atoms with Gasteiger partial charge in [-0.1, -0.05) is 48.0 Å². The largest absolute Gasteiger partial charge is 0.389 e. The van der Waals surface area contributed by atoms with Gasteiger partial charge in [0.15, 0.2) is 0 Å². The molecule has 0 saturated heterocycles. The summed E-state index contributed by atoms with van der Waals surface area (Å²) in [6, 6.07) is 15.8. The Morgan fingerprint density at radius 2 is 1.76 bits per heavy atom. The fourth-order valence-electron chi connectivity index (χ4n) is 2.64. The third kappa shape index (κ3) is 2.80. The summed E-state index contributed by atoms with van der Waals surface area (Å²) < 4.78 is 0. The smallest absolute Gasteiger partial charge is 0.0909 e. The van der Waals surface area contributed by atoms with Crippen LogP contribution in [0.15, 0.2) is 53.5 Å². The molecule has 0 spiro atoms. The van der Waals surface area contributed by atoms with E-state index in [0.29, 0.717) is 18.1 Å². The second-order valence-electron chi connectivity index (χ2n) is 5.22. The topological polar surface area (TPSA) is 35.8 Å². The number of fused-ring (bicyclic) bond motifs is 1. The Morgan fingerprint density at radius 3 is 2.52 bits per heavy atom. The number of anilines is 1. The first-order chi connectivity index (χ1) is 10.2. The zero-order valence-electron chi connectivity index (χ0n) is 11.8. The van der Waals surface area contributed by atoms with Crippen molar-refractivity contribution in [3.05, 3.63) is 64.7 Å². The van der Waals surface area contributed by atoms with Gasteiger partial charge in [-0.2, -0.15) is 0 Å². The predicted octanol–water partition coefficient (Wildman–Crippen LogP) is 2.99. The quantitative estimate of drug-likeness (QED) is 0.879. The lowest BCUT2D eigenvalue weighted by atomic mass is 9.99. The number of likely N-dealkylation sites (N-methyl/N-ethyl adjacent to an activating group) is 1. The standard InChI is InChI=1S/C17H17ClN2O/c1-20-11-12(21)10-19-17(13-6-2-4-8-15(13)18)14-7-3-5-9-16(14)20/h2-9,12,21H,10-11H2,1H3. The number of aliphatic hydroxyl groups excluding tert-OH is 1. The zero-order valence-corrected chi connectivity index (χ0v) is 12.6. The van der Waals surface area contributed by atoms with Gasteiger partial charge in [0.05, 0.1) is 18.4 Å². The molecule has 2 aromatic carbocycles. The number of hydrogen-bond acceptors (Lipinski definition) is 3. The summed E-state index contributed by atoms with van der Waals surface area (Å²) in [4.78, 5) is 6.69. The van der Waals surface area contributed by atoms with Gasteiger partial charge in [-0.05, 0) is 12.1 Å². The van der Waals surface area contributed by atoms with Crippen LogP contribution in [0.4, 0.5) is 5.69 Å². The van der Waals surface area contributed by atoms with Crippen molar-refractivity contribution in [2.75, 3.05) is 25.0 Å². The van der Waals surface area contributed by atoms with Gasteiger partial charge >= 0.3 is 0 Å². The van der Waals surface area contributed by atoms with Crippen molar-refractivity contribution >= 4 is 23.0 Å². The molecule has 4 heteroatoms. The molecule has 3 nitrogen and oxygen atoms in total. The molecule has 0 bridgehead atoms. The number of para-hydroxylation sites is 1. The molecule has 108 valence electrons. The molecule has 0 saturated carbocycles. The normalized spacial score (nSPS) is 18.5. The summed E-state index contributed by atoms with van der Waals surface area (Å²) in [5, 5.41) is 10.7. The van der Waals surface area contributed by atoms with E-state index in [1.165, 1.54) is 0 Å². The van der Waals surface area contributed by atoms with Crippen LogP contribution in [0.25, 0.3) is 0 Å². The van der Waals surface area contributed by atoms with E-state index in [2.05, 4.69) is 9.89 Å². The summed E-state index contributed by atoms with van der Waals surface area (Å²) >= 11 is 6.33. The number of hydrogen-bond donors (Lipinski definition) is 1. The molecule has 1 aliphatic rings. The van der Waals surface area contributed by atoms with Crippen molar-refractivity contribution < 1.29 is 5.11 Å². The summed E-state index contributed by atoms with van der Waals surface area (Å²) in [7, 11) is 1.98. The number of nitrogens with zero attached hydrogens (tertiary/aromatic N) is 2. The third-order valence-electron chi connectivity index (χ3n) is 3.64. The van der Waals surface area contributed by atoms with E-state index in [0.717, 1.165) is 22.5 Å². The Kier molecular flexibility index (Phi) is 3.95. The molecule has 3 rings (SSSR count). The van der Waals surface area contributed by atoms with Gasteiger partial charge < -0.3 is 10.0 Å². The molecule has 0 aromatic heterocycles. The van der Waals surface area contributed by atoms with Crippen molar-refractivity contribution in [2.45, 2.75) is 6.10 Å². The van der Waals surface area contributed by atoms with Crippen LogP contribution in [0.3, 0.4) is 0 Å². The monoisotopic (exact) mass is 300 g/mol. The molecule has 1 atom stereocenters. The molecular formula is C17H17ClN2O. The fourth-order valence-corrected chi connectivity index (χ4v) is 2.87. The molecule has 1 aliphatic heterocycles. The Balaban J connectivity index is 2.20. The van der Waals surface area contributed by atoms with Gasteiger partial charge in [-0.3, -0.25) is 4.99 Å². The van der Waals surface area contributed by atoms with Crippen LogP contribution < -0.4 is 4.90 Å². The van der Waals surface area contributed by atoms with E-state index in [1.54, 1.807) is 0 Å². The van der Waals surface area contributed by atoms with Crippen molar-refractivity contribution in [1.82, 2.24) is 0 Å². The third-order valence-corrected chi connectivity index (χ3v) is 3.97. The fraction of sp³-hybridized carbons (Fsp3) is 0.235. The van der Waals surface area contributed by atoms with Gasteiger partial charge in [-0.25, -0.2) is 0 Å². The Hall–Kier alpha value is -1.84. The Bertz CT molecular complexity index is 684. The van der Waals surface area contributed by atoms with Crippen LogP contribution in [0, 0.1) is 0 Å². The summed E-state index contributed by atoms with van der Waals surface area (Å²) in [6.45, 7) is 0.940. The highest BCUT2D eigenvalue weighted by Crippen LogP contribution is 2.27.